The highest BCUT2D eigenvalue weighted by molar-refractivity contribution is 7.89. The molecule has 0 aliphatic carbocycles. The monoisotopic (exact) mass is 379 g/mol. The molecule has 1 fully saturated rings. The first-order valence-electron chi connectivity index (χ1n) is 7.69. The molecular formula is C15H20F3N3O3S. The van der Waals surface area contributed by atoms with Gasteiger partial charge in [-0.3, -0.25) is 0 Å². The lowest BCUT2D eigenvalue weighted by Crippen LogP contribution is -2.49. The minimum atomic E-state index is -4.60. The topological polar surface area (TPSA) is 69.7 Å². The first-order valence-corrected chi connectivity index (χ1v) is 9.13. The van der Waals surface area contributed by atoms with E-state index in [2.05, 4.69) is 5.32 Å². The summed E-state index contributed by atoms with van der Waals surface area (Å²) in [5, 5.41) is 2.50. The Labute approximate surface area is 144 Å². The lowest BCUT2D eigenvalue weighted by molar-refractivity contribution is -0.137. The van der Waals surface area contributed by atoms with E-state index in [9.17, 15) is 26.4 Å². The summed E-state index contributed by atoms with van der Waals surface area (Å²) >= 11 is 0. The van der Waals surface area contributed by atoms with Gasteiger partial charge in [0.2, 0.25) is 10.0 Å². The molecule has 1 N–H and O–H groups in total. The van der Waals surface area contributed by atoms with E-state index in [4.69, 9.17) is 0 Å². The van der Waals surface area contributed by atoms with E-state index < -0.39 is 21.8 Å². The predicted molar refractivity (Wildman–Crippen MR) is 85.4 cm³/mol. The van der Waals surface area contributed by atoms with E-state index in [1.54, 1.807) is 7.05 Å². The highest BCUT2D eigenvalue weighted by Crippen LogP contribution is 2.31. The second-order valence-corrected chi connectivity index (χ2v) is 7.76. The molecule has 1 heterocycles. The lowest BCUT2D eigenvalue weighted by atomic mass is 10.1. The van der Waals surface area contributed by atoms with Crippen LogP contribution in [0.25, 0.3) is 0 Å². The summed E-state index contributed by atoms with van der Waals surface area (Å²) in [5.41, 5.74) is -0.997. The fraction of sp³-hybridized carbons (Fsp3) is 0.533. The molecule has 0 spiro atoms. The first kappa shape index (κ1) is 19.5. The number of benzene rings is 1. The molecule has 1 aliphatic rings. The SMILES string of the molecule is CNC(=O)N(C)C1CCN(S(=O)(=O)c2cccc(C(F)(F)F)c2)CC1. The van der Waals surface area contributed by atoms with Gasteiger partial charge in [0, 0.05) is 33.2 Å². The normalized spacial score (nSPS) is 17.3. The van der Waals surface area contributed by atoms with Gasteiger partial charge >= 0.3 is 12.2 Å². The van der Waals surface area contributed by atoms with Crippen molar-refractivity contribution >= 4 is 16.1 Å². The molecule has 0 radical (unpaired) electrons. The fourth-order valence-electron chi connectivity index (χ4n) is 2.79. The van der Waals surface area contributed by atoms with Crippen molar-refractivity contribution in [3.8, 4) is 0 Å². The molecule has 0 bridgehead atoms. The van der Waals surface area contributed by atoms with Crippen molar-refractivity contribution in [2.75, 3.05) is 27.2 Å². The van der Waals surface area contributed by atoms with Crippen LogP contribution in [-0.4, -0.2) is 56.9 Å². The standard InChI is InChI=1S/C15H20F3N3O3S/c1-19-14(22)20(2)12-6-8-21(9-7-12)25(23,24)13-5-3-4-11(10-13)15(16,17)18/h3-5,10,12H,6-9H2,1-2H3,(H,19,22). The minimum absolute atomic E-state index is 0.118. The van der Waals surface area contributed by atoms with E-state index in [1.165, 1.54) is 11.9 Å². The van der Waals surface area contributed by atoms with Crippen LogP contribution >= 0.6 is 0 Å². The Balaban J connectivity index is 2.14. The lowest BCUT2D eigenvalue weighted by Gasteiger charge is -2.35. The molecule has 0 atom stereocenters. The fourth-order valence-corrected chi connectivity index (χ4v) is 4.31. The molecular weight excluding hydrogens is 359 g/mol. The van der Waals surface area contributed by atoms with Crippen LogP contribution in [0.3, 0.4) is 0 Å². The zero-order chi connectivity index (χ0) is 18.8. The van der Waals surface area contributed by atoms with Crippen LogP contribution in [0.15, 0.2) is 29.2 Å². The van der Waals surface area contributed by atoms with Crippen LogP contribution in [0.4, 0.5) is 18.0 Å². The van der Waals surface area contributed by atoms with Gasteiger partial charge in [-0.1, -0.05) is 6.07 Å². The van der Waals surface area contributed by atoms with E-state index in [1.807, 2.05) is 0 Å². The third kappa shape index (κ3) is 4.24. The van der Waals surface area contributed by atoms with Gasteiger partial charge in [-0.25, -0.2) is 13.2 Å². The Morgan fingerprint density at radius 1 is 1.28 bits per heavy atom. The average Bonchev–Trinajstić information content (AvgIpc) is 2.60. The maximum absolute atomic E-state index is 12.8. The van der Waals surface area contributed by atoms with Gasteiger partial charge in [0.15, 0.2) is 0 Å². The molecule has 10 heteroatoms. The van der Waals surface area contributed by atoms with Crippen molar-refractivity contribution in [1.82, 2.24) is 14.5 Å². The van der Waals surface area contributed by atoms with Crippen molar-refractivity contribution in [2.24, 2.45) is 0 Å². The van der Waals surface area contributed by atoms with Gasteiger partial charge in [-0.2, -0.15) is 17.5 Å². The highest BCUT2D eigenvalue weighted by Gasteiger charge is 2.35. The second-order valence-electron chi connectivity index (χ2n) is 5.83. The van der Waals surface area contributed by atoms with E-state index in [0.717, 1.165) is 22.5 Å². The number of hydrogen-bond acceptors (Lipinski definition) is 3. The Kier molecular flexibility index (Phi) is 5.62. The van der Waals surface area contributed by atoms with Gasteiger partial charge in [0.1, 0.15) is 0 Å². The van der Waals surface area contributed by atoms with Crippen molar-refractivity contribution in [3.63, 3.8) is 0 Å². The van der Waals surface area contributed by atoms with Crippen molar-refractivity contribution < 1.29 is 26.4 Å². The number of rotatable bonds is 3. The molecule has 2 rings (SSSR count). The molecule has 25 heavy (non-hydrogen) atoms. The summed E-state index contributed by atoms with van der Waals surface area (Å²) in [7, 11) is -0.874. The number of hydrogen-bond donors (Lipinski definition) is 1. The molecule has 140 valence electrons. The maximum Gasteiger partial charge on any atom is 0.416 e. The average molecular weight is 379 g/mol. The van der Waals surface area contributed by atoms with Gasteiger partial charge in [0.05, 0.1) is 10.5 Å². The summed E-state index contributed by atoms with van der Waals surface area (Å²) in [4.78, 5) is 12.8. The van der Waals surface area contributed by atoms with Crippen molar-refractivity contribution in [1.29, 1.82) is 0 Å². The second kappa shape index (κ2) is 7.20. The van der Waals surface area contributed by atoms with Crippen LogP contribution in [0, 0.1) is 0 Å². The van der Waals surface area contributed by atoms with E-state index in [0.29, 0.717) is 18.9 Å². The van der Waals surface area contributed by atoms with Crippen LogP contribution in [-0.2, 0) is 16.2 Å². The number of alkyl halides is 3. The molecule has 0 saturated carbocycles. The summed E-state index contributed by atoms with van der Waals surface area (Å²) in [5.74, 6) is 0. The smallest absolute Gasteiger partial charge is 0.341 e. The van der Waals surface area contributed by atoms with Crippen LogP contribution < -0.4 is 5.32 Å². The molecule has 0 unspecified atom stereocenters. The molecule has 1 aromatic rings. The van der Waals surface area contributed by atoms with Crippen LogP contribution in [0.1, 0.15) is 18.4 Å². The number of piperidine rings is 1. The Morgan fingerprint density at radius 2 is 1.88 bits per heavy atom. The molecule has 2 amide bonds. The van der Waals surface area contributed by atoms with Gasteiger partial charge in [-0.05, 0) is 31.0 Å². The van der Waals surface area contributed by atoms with Gasteiger partial charge in [-0.15, -0.1) is 0 Å². The van der Waals surface area contributed by atoms with Crippen molar-refractivity contribution in [2.45, 2.75) is 30.0 Å². The van der Waals surface area contributed by atoms with Gasteiger partial charge < -0.3 is 10.2 Å². The number of halogens is 3. The number of carbonyl (C=O) groups is 1. The summed E-state index contributed by atoms with van der Waals surface area (Å²) in [6.07, 6.45) is -3.76. The highest BCUT2D eigenvalue weighted by atomic mass is 32.2. The number of sulfonamides is 1. The molecule has 1 aliphatic heterocycles. The van der Waals surface area contributed by atoms with Gasteiger partial charge in [0.25, 0.3) is 0 Å². The molecule has 1 saturated heterocycles. The molecule has 0 aromatic heterocycles. The number of nitrogens with zero attached hydrogens (tertiary/aromatic N) is 2. The minimum Gasteiger partial charge on any atom is -0.341 e. The van der Waals surface area contributed by atoms with E-state index >= 15 is 0 Å². The third-order valence-electron chi connectivity index (χ3n) is 4.30. The summed E-state index contributed by atoms with van der Waals surface area (Å²) < 4.78 is 64.7. The Morgan fingerprint density at radius 3 is 2.40 bits per heavy atom. The number of nitrogens with one attached hydrogen (secondary N) is 1. The predicted octanol–water partition coefficient (Wildman–Crippen LogP) is 2.13. The largest absolute Gasteiger partial charge is 0.416 e. The third-order valence-corrected chi connectivity index (χ3v) is 6.20. The zero-order valence-electron chi connectivity index (χ0n) is 13.9. The zero-order valence-corrected chi connectivity index (χ0v) is 14.7. The van der Waals surface area contributed by atoms with Crippen LogP contribution in [0.2, 0.25) is 0 Å². The van der Waals surface area contributed by atoms with E-state index in [-0.39, 0.29) is 30.1 Å². The Bertz CT molecular complexity index is 729. The van der Waals surface area contributed by atoms with Crippen molar-refractivity contribution in [3.05, 3.63) is 29.8 Å². The Hall–Kier alpha value is -1.81. The number of carbonyl (C=O) groups excluding carboxylic acids is 1. The van der Waals surface area contributed by atoms with Crippen LogP contribution in [0.5, 0.6) is 0 Å². The number of urea groups is 1. The summed E-state index contributed by atoms with van der Waals surface area (Å²) in [6.45, 7) is 0.287. The molecule has 6 nitrogen and oxygen atoms in total. The summed E-state index contributed by atoms with van der Waals surface area (Å²) in [6, 6.07) is 3.35. The quantitative estimate of drug-likeness (QED) is 0.875. The first-order chi connectivity index (χ1) is 11.6. The maximum atomic E-state index is 12.8. The number of amides is 2. The molecule has 1 aromatic carbocycles.